The fraction of sp³-hybridized carbons (Fsp3) is 0.0103. The van der Waals surface area contributed by atoms with Crippen LogP contribution in [0.5, 0.6) is 0 Å². The normalized spacial score (nSPS) is 12.8. The Bertz CT molecular complexity index is 6120. The van der Waals surface area contributed by atoms with E-state index in [1.54, 1.807) is 23.9 Å². The second-order valence-electron chi connectivity index (χ2n) is 27.8. The number of alkyl halides is 3. The number of fused-ring (bicyclic) bond motifs is 8. The predicted molar refractivity (Wildman–Crippen MR) is 446 cm³/mol. The fourth-order valence-electron chi connectivity index (χ4n) is 17.0. The molecule has 4 aliphatic heterocycles. The van der Waals surface area contributed by atoms with Gasteiger partial charge in [0.2, 0.25) is 6.71 Å². The van der Waals surface area contributed by atoms with Gasteiger partial charge >= 0.3 is 6.18 Å². The number of halogens is 3. The van der Waals surface area contributed by atoms with Crippen molar-refractivity contribution < 1.29 is 13.2 Å². The number of nitrogens with zero attached hydrogens (tertiary/aromatic N) is 5. The summed E-state index contributed by atoms with van der Waals surface area (Å²) in [5.41, 5.74) is 26.6. The molecule has 108 heavy (non-hydrogen) atoms. The van der Waals surface area contributed by atoms with Crippen LogP contribution in [0.25, 0.3) is 44.5 Å². The summed E-state index contributed by atoms with van der Waals surface area (Å²) >= 11 is 1.70. The summed E-state index contributed by atoms with van der Waals surface area (Å²) in [5, 5.41) is 0. The van der Waals surface area contributed by atoms with E-state index in [4.69, 9.17) is 0 Å². The first-order chi connectivity index (χ1) is 53.3. The molecule has 0 radical (unpaired) electrons. The molecule has 0 aromatic heterocycles. The maximum Gasteiger partial charge on any atom is 0.418 e. The molecule has 0 bridgehead atoms. The summed E-state index contributed by atoms with van der Waals surface area (Å²) < 4.78 is 50.0. The Kier molecular flexibility index (Phi) is 15.8. The number of anilines is 15. The van der Waals surface area contributed by atoms with Gasteiger partial charge in [0.05, 0.1) is 28.3 Å². The van der Waals surface area contributed by atoms with E-state index in [9.17, 15) is 0 Å². The molecule has 510 valence electrons. The van der Waals surface area contributed by atoms with Gasteiger partial charge in [-0.2, -0.15) is 13.2 Å². The first-order valence-electron chi connectivity index (χ1n) is 36.5. The van der Waals surface area contributed by atoms with Crippen molar-refractivity contribution in [2.75, 3.05) is 24.5 Å². The standard InChI is InChI=1S/C97H64B2F3N5S/c100-97(101,102)79-43-21-26-48-86(79)107-89-64-93-83(99-81-45-23-28-50-88(81)106(72-39-17-6-18-40-72)92-61-76(62-94(108-93)96(92)99)104(74-57-53-68(54-58-74)66-31-9-2-10-32-66)85-47-25-20-42-78(85)70-35-13-4-14-36-70)63-82(89)98-80-44-22-27-49-87(80)105(71-37-15-5-16-38-71)90-59-75(60-91(107)95(90)98)103(73-55-51-67(52-56-73)65-29-7-1-8-30-65)84-46-24-19-41-77(84)69-33-11-3-12-34-69/h1-64H. The van der Waals surface area contributed by atoms with Crippen molar-refractivity contribution in [2.45, 2.75) is 16.0 Å². The molecule has 4 aliphatic rings. The van der Waals surface area contributed by atoms with Gasteiger partial charge in [-0.3, -0.25) is 0 Å². The highest BCUT2D eigenvalue weighted by Crippen LogP contribution is 2.54. The summed E-state index contributed by atoms with van der Waals surface area (Å²) in [6.45, 7) is -0.785. The molecule has 16 aromatic rings. The summed E-state index contributed by atoms with van der Waals surface area (Å²) in [4.78, 5) is 13.4. The summed E-state index contributed by atoms with van der Waals surface area (Å²) in [7, 11) is 0. The summed E-state index contributed by atoms with van der Waals surface area (Å²) in [6.07, 6.45) is -4.76. The van der Waals surface area contributed by atoms with Crippen LogP contribution in [0.3, 0.4) is 0 Å². The zero-order valence-electron chi connectivity index (χ0n) is 58.4. The lowest BCUT2D eigenvalue weighted by atomic mass is 9.31. The van der Waals surface area contributed by atoms with Crippen molar-refractivity contribution in [3.05, 3.63) is 394 Å². The third-order valence-electron chi connectivity index (χ3n) is 21.7. The molecule has 11 heteroatoms. The van der Waals surface area contributed by atoms with Gasteiger partial charge in [0.1, 0.15) is 0 Å². The first-order valence-corrected chi connectivity index (χ1v) is 37.3. The van der Waals surface area contributed by atoms with Crippen molar-refractivity contribution in [1.82, 2.24) is 0 Å². The van der Waals surface area contributed by atoms with Gasteiger partial charge in [-0.05, 0) is 176 Å². The minimum Gasteiger partial charge on any atom is -0.311 e. The molecule has 5 nitrogen and oxygen atoms in total. The second-order valence-corrected chi connectivity index (χ2v) is 28.8. The minimum absolute atomic E-state index is 0.0240. The van der Waals surface area contributed by atoms with Crippen molar-refractivity contribution in [3.8, 4) is 44.5 Å². The fourth-order valence-corrected chi connectivity index (χ4v) is 18.2. The molecule has 0 atom stereocenters. The lowest BCUT2D eigenvalue weighted by molar-refractivity contribution is -0.137. The quantitative estimate of drug-likeness (QED) is 0.106. The van der Waals surface area contributed by atoms with Crippen LogP contribution in [0.15, 0.2) is 398 Å². The number of hydrogen-bond donors (Lipinski definition) is 0. The highest BCUT2D eigenvalue weighted by atomic mass is 32.2. The zero-order valence-corrected chi connectivity index (χ0v) is 59.2. The highest BCUT2D eigenvalue weighted by molar-refractivity contribution is 8.00. The molecule has 0 aliphatic carbocycles. The van der Waals surface area contributed by atoms with Crippen molar-refractivity contribution in [1.29, 1.82) is 0 Å². The Balaban J connectivity index is 0.862. The molecule has 0 saturated carbocycles. The average Bonchev–Trinajstić information content (AvgIpc) is 0.686. The van der Waals surface area contributed by atoms with Gasteiger partial charge < -0.3 is 24.5 Å². The van der Waals surface area contributed by atoms with Crippen molar-refractivity contribution in [2.24, 2.45) is 0 Å². The number of para-hydroxylation sites is 7. The van der Waals surface area contributed by atoms with Gasteiger partial charge in [0.25, 0.3) is 6.71 Å². The average molecular weight is 1410 g/mol. The molecule has 0 spiro atoms. The maximum atomic E-state index is 16.7. The Hall–Kier alpha value is -13.2. The SMILES string of the molecule is FC(F)(F)c1ccccc1N1c2cc3c(cc2B2c4ccccc4N(c4ccccc4)c4cc(N(c5ccc(-c6ccccc6)cc5)c5ccccc5-c5ccccc5)cc1c42)B1c2ccccc2N(c2ccccc2)c2cc(N(c4ccc(-c5ccccc5)cc4)c4ccccc4-c4ccccc4)cc(c21)S3. The molecule has 4 heterocycles. The van der Waals surface area contributed by atoms with Crippen molar-refractivity contribution in [3.63, 3.8) is 0 Å². The molecule has 16 aromatic carbocycles. The number of benzene rings is 16. The van der Waals surface area contributed by atoms with Crippen LogP contribution in [0.4, 0.5) is 98.5 Å². The van der Waals surface area contributed by atoms with Gasteiger partial charge in [-0.15, -0.1) is 0 Å². The number of hydrogen-bond acceptors (Lipinski definition) is 6. The van der Waals surface area contributed by atoms with Crippen LogP contribution in [-0.2, 0) is 6.18 Å². The first kappa shape index (κ1) is 64.4. The molecule has 0 fully saturated rings. The Morgan fingerprint density at radius 3 is 1.10 bits per heavy atom. The Labute approximate surface area is 631 Å². The molecular weight excluding hydrogens is 1350 g/mol. The Morgan fingerprint density at radius 2 is 0.620 bits per heavy atom. The smallest absolute Gasteiger partial charge is 0.311 e. The molecule has 0 unspecified atom stereocenters. The maximum absolute atomic E-state index is 16.7. The van der Waals surface area contributed by atoms with Gasteiger partial charge in [0.15, 0.2) is 0 Å². The van der Waals surface area contributed by atoms with E-state index in [1.807, 2.05) is 29.2 Å². The van der Waals surface area contributed by atoms with E-state index in [-0.39, 0.29) is 12.4 Å². The van der Waals surface area contributed by atoms with Crippen LogP contribution in [0.2, 0.25) is 0 Å². The highest BCUT2D eigenvalue weighted by Gasteiger charge is 2.49. The lowest BCUT2D eigenvalue weighted by Crippen LogP contribution is -2.64. The third kappa shape index (κ3) is 10.9. The van der Waals surface area contributed by atoms with E-state index < -0.39 is 18.5 Å². The molecule has 20 rings (SSSR count). The lowest BCUT2D eigenvalue weighted by Gasteiger charge is -2.46. The Morgan fingerprint density at radius 1 is 0.250 bits per heavy atom. The van der Waals surface area contributed by atoms with Crippen LogP contribution in [-0.4, -0.2) is 13.4 Å². The van der Waals surface area contributed by atoms with E-state index in [1.165, 1.54) is 12.1 Å². The van der Waals surface area contributed by atoms with E-state index in [0.717, 1.165) is 155 Å². The minimum atomic E-state index is -4.76. The van der Waals surface area contributed by atoms with Gasteiger partial charge in [0, 0.05) is 83.5 Å². The predicted octanol–water partition coefficient (Wildman–Crippen LogP) is 23.2. The summed E-state index contributed by atoms with van der Waals surface area (Å²) in [5.74, 6) is 0. The molecular formula is C97H64B2F3N5S. The largest absolute Gasteiger partial charge is 0.418 e. The van der Waals surface area contributed by atoms with Gasteiger partial charge in [-0.25, -0.2) is 0 Å². The van der Waals surface area contributed by atoms with E-state index in [0.29, 0.717) is 11.4 Å². The topological polar surface area (TPSA) is 16.2 Å². The third-order valence-corrected chi connectivity index (χ3v) is 22.8. The van der Waals surface area contributed by atoms with Gasteiger partial charge in [-0.1, -0.05) is 290 Å². The van der Waals surface area contributed by atoms with Crippen LogP contribution in [0.1, 0.15) is 5.56 Å². The zero-order chi connectivity index (χ0) is 72.0. The van der Waals surface area contributed by atoms with Crippen LogP contribution < -0.4 is 57.3 Å². The van der Waals surface area contributed by atoms with E-state index >= 15 is 13.2 Å². The summed E-state index contributed by atoms with van der Waals surface area (Å²) in [6, 6.07) is 135. The monoisotopic (exact) mass is 1410 g/mol. The van der Waals surface area contributed by atoms with Crippen molar-refractivity contribution >= 4 is 143 Å². The van der Waals surface area contributed by atoms with E-state index in [2.05, 4.69) is 359 Å². The molecule has 0 amide bonds. The van der Waals surface area contributed by atoms with Crippen LogP contribution in [0, 0.1) is 0 Å². The molecule has 0 saturated heterocycles. The van der Waals surface area contributed by atoms with Crippen LogP contribution >= 0.6 is 11.8 Å². The second kappa shape index (κ2) is 26.4. The number of rotatable bonds is 13. The molecule has 0 N–H and O–H groups in total.